The molecule has 84 valence electrons. The molecule has 1 unspecified atom stereocenters. The third-order valence-electron chi connectivity index (χ3n) is 1.58. The quantitative estimate of drug-likeness (QED) is 0.764. The summed E-state index contributed by atoms with van der Waals surface area (Å²) in [5.74, 6) is 0.753. The first-order valence-electron chi connectivity index (χ1n) is 4.68. The molecule has 1 aromatic carbocycles. The number of hydrogen-bond donors (Lipinski definition) is 0. The number of methoxy groups -OCH3 is 1. The molecule has 1 aromatic rings. The Bertz CT molecular complexity index is 343. The van der Waals surface area contributed by atoms with E-state index >= 15 is 0 Å². The second kappa shape index (κ2) is 4.91. The Hall–Kier alpha value is -0.653. The molecular formula is C10H16O3SSi. The second-order valence-corrected chi connectivity index (χ2v) is 9.94. The van der Waals surface area contributed by atoms with Crippen molar-refractivity contribution < 1.29 is 12.8 Å². The monoisotopic (exact) mass is 244 g/mol. The van der Waals surface area contributed by atoms with E-state index in [4.69, 9.17) is 8.61 Å². The van der Waals surface area contributed by atoms with Gasteiger partial charge in [0.2, 0.25) is 8.32 Å². The molecule has 0 aliphatic carbocycles. The molecule has 0 aliphatic rings. The van der Waals surface area contributed by atoms with Crippen LogP contribution in [0.1, 0.15) is 0 Å². The van der Waals surface area contributed by atoms with Crippen LogP contribution < -0.4 is 4.74 Å². The molecular weight excluding hydrogens is 228 g/mol. The minimum Gasteiger partial charge on any atom is -0.497 e. The molecule has 0 amide bonds. The fourth-order valence-electron chi connectivity index (χ4n) is 0.962. The van der Waals surface area contributed by atoms with Crippen molar-refractivity contribution in [1.29, 1.82) is 0 Å². The molecule has 1 rings (SSSR count). The zero-order chi connectivity index (χ0) is 11.5. The summed E-state index contributed by atoms with van der Waals surface area (Å²) >= 11 is -1.36. The fraction of sp³-hybridized carbons (Fsp3) is 0.400. The standard InChI is InChI=1S/C10H16O3SSi/c1-12-9-5-7-10(8-6-9)14(11)13-15(2,3)4/h5-8H,1-4H3. The average molecular weight is 244 g/mol. The highest BCUT2D eigenvalue weighted by Crippen LogP contribution is 2.17. The van der Waals surface area contributed by atoms with Gasteiger partial charge in [-0.15, -0.1) is 0 Å². The second-order valence-electron chi connectivity index (χ2n) is 4.11. The van der Waals surface area contributed by atoms with E-state index in [0.29, 0.717) is 4.90 Å². The van der Waals surface area contributed by atoms with Crippen molar-refractivity contribution in [2.45, 2.75) is 24.5 Å². The normalized spacial score (nSPS) is 13.6. The molecule has 0 radical (unpaired) electrons. The van der Waals surface area contributed by atoms with E-state index in [-0.39, 0.29) is 0 Å². The van der Waals surface area contributed by atoms with Gasteiger partial charge in [-0.1, -0.05) is 0 Å². The zero-order valence-electron chi connectivity index (χ0n) is 9.44. The highest BCUT2D eigenvalue weighted by Gasteiger charge is 2.19. The first-order valence-corrected chi connectivity index (χ1v) is 9.16. The van der Waals surface area contributed by atoms with Crippen LogP contribution in [0.4, 0.5) is 0 Å². The molecule has 0 aliphatic heterocycles. The van der Waals surface area contributed by atoms with Gasteiger partial charge in [0.25, 0.3) is 0 Å². The summed E-state index contributed by atoms with van der Waals surface area (Å²) in [6, 6.07) is 7.08. The Morgan fingerprint density at radius 2 is 1.67 bits per heavy atom. The Morgan fingerprint density at radius 3 is 2.07 bits per heavy atom. The lowest BCUT2D eigenvalue weighted by atomic mass is 10.3. The summed E-state index contributed by atoms with van der Waals surface area (Å²) in [6.45, 7) is 6.03. The maximum absolute atomic E-state index is 11.7. The average Bonchev–Trinajstić information content (AvgIpc) is 2.15. The van der Waals surface area contributed by atoms with E-state index in [1.165, 1.54) is 0 Å². The van der Waals surface area contributed by atoms with Gasteiger partial charge < -0.3 is 8.61 Å². The van der Waals surface area contributed by atoms with Crippen LogP contribution in [0.2, 0.25) is 19.6 Å². The number of rotatable bonds is 4. The SMILES string of the molecule is COc1ccc(S(=O)O[Si](C)(C)C)cc1. The van der Waals surface area contributed by atoms with Crippen molar-refractivity contribution >= 4 is 19.4 Å². The van der Waals surface area contributed by atoms with E-state index in [1.54, 1.807) is 31.4 Å². The maximum atomic E-state index is 11.7. The molecule has 5 heteroatoms. The van der Waals surface area contributed by atoms with E-state index in [0.717, 1.165) is 5.75 Å². The summed E-state index contributed by atoms with van der Waals surface area (Å²) in [6.07, 6.45) is 0. The number of ether oxygens (including phenoxy) is 1. The van der Waals surface area contributed by atoms with Gasteiger partial charge in [-0.05, 0) is 43.9 Å². The summed E-state index contributed by atoms with van der Waals surface area (Å²) in [4.78, 5) is 0.679. The van der Waals surface area contributed by atoms with Crippen LogP contribution in [0.15, 0.2) is 29.2 Å². The lowest BCUT2D eigenvalue weighted by Crippen LogP contribution is -2.26. The smallest absolute Gasteiger partial charge is 0.205 e. The van der Waals surface area contributed by atoms with Gasteiger partial charge in [-0.2, -0.15) is 0 Å². The molecule has 0 saturated heterocycles. The van der Waals surface area contributed by atoms with Crippen LogP contribution in [-0.2, 0) is 15.0 Å². The Balaban J connectivity index is 2.75. The van der Waals surface area contributed by atoms with Gasteiger partial charge in [-0.3, -0.25) is 0 Å². The predicted octanol–water partition coefficient (Wildman–Crippen LogP) is 2.57. The van der Waals surface area contributed by atoms with Crippen molar-refractivity contribution in [1.82, 2.24) is 0 Å². The molecule has 0 fully saturated rings. The minimum atomic E-state index is -1.76. The Labute approximate surface area is 94.2 Å². The van der Waals surface area contributed by atoms with Crippen molar-refractivity contribution in [3.63, 3.8) is 0 Å². The number of benzene rings is 1. The Kier molecular flexibility index (Phi) is 4.07. The van der Waals surface area contributed by atoms with E-state index in [9.17, 15) is 4.21 Å². The van der Waals surface area contributed by atoms with Gasteiger partial charge in [0, 0.05) is 0 Å². The van der Waals surface area contributed by atoms with Crippen LogP contribution in [0.3, 0.4) is 0 Å². The van der Waals surface area contributed by atoms with Gasteiger partial charge in [-0.25, -0.2) is 4.21 Å². The van der Waals surface area contributed by atoms with E-state index in [1.807, 2.05) is 19.6 Å². The number of hydrogen-bond acceptors (Lipinski definition) is 3. The zero-order valence-corrected chi connectivity index (χ0v) is 11.3. The Morgan fingerprint density at radius 1 is 1.13 bits per heavy atom. The van der Waals surface area contributed by atoms with Gasteiger partial charge in [0.1, 0.15) is 5.75 Å². The molecule has 15 heavy (non-hydrogen) atoms. The maximum Gasteiger partial charge on any atom is 0.205 e. The molecule has 0 spiro atoms. The van der Waals surface area contributed by atoms with Gasteiger partial charge >= 0.3 is 0 Å². The lowest BCUT2D eigenvalue weighted by Gasteiger charge is -2.15. The molecule has 0 saturated carbocycles. The third-order valence-corrected chi connectivity index (χ3v) is 4.84. The van der Waals surface area contributed by atoms with Crippen LogP contribution in [0, 0.1) is 0 Å². The van der Waals surface area contributed by atoms with Crippen LogP contribution >= 0.6 is 0 Å². The summed E-state index contributed by atoms with van der Waals surface area (Å²) in [5.41, 5.74) is 0. The van der Waals surface area contributed by atoms with E-state index < -0.39 is 19.4 Å². The molecule has 0 N–H and O–H groups in total. The molecule has 1 atom stereocenters. The van der Waals surface area contributed by atoms with E-state index in [2.05, 4.69) is 0 Å². The van der Waals surface area contributed by atoms with Gasteiger partial charge in [0.15, 0.2) is 11.1 Å². The molecule has 0 aromatic heterocycles. The largest absolute Gasteiger partial charge is 0.497 e. The van der Waals surface area contributed by atoms with Crippen molar-refractivity contribution in [2.24, 2.45) is 0 Å². The van der Waals surface area contributed by atoms with Crippen molar-refractivity contribution in [3.05, 3.63) is 24.3 Å². The van der Waals surface area contributed by atoms with Crippen LogP contribution in [0.5, 0.6) is 5.75 Å². The summed E-state index contributed by atoms with van der Waals surface area (Å²) in [5, 5.41) is 0. The fourth-order valence-corrected chi connectivity index (χ4v) is 3.52. The van der Waals surface area contributed by atoms with Crippen LogP contribution in [0.25, 0.3) is 0 Å². The van der Waals surface area contributed by atoms with Gasteiger partial charge in [0.05, 0.1) is 12.0 Å². The van der Waals surface area contributed by atoms with Crippen LogP contribution in [-0.4, -0.2) is 19.6 Å². The first kappa shape index (κ1) is 12.4. The van der Waals surface area contributed by atoms with Crippen molar-refractivity contribution in [3.8, 4) is 5.75 Å². The summed E-state index contributed by atoms with van der Waals surface area (Å²) in [7, 11) is -0.155. The molecule has 3 nitrogen and oxygen atoms in total. The first-order chi connectivity index (χ1) is 6.92. The minimum absolute atomic E-state index is 0.679. The molecule has 0 heterocycles. The third kappa shape index (κ3) is 4.15. The predicted molar refractivity (Wildman–Crippen MR) is 63.8 cm³/mol. The highest BCUT2D eigenvalue weighted by atomic mass is 32.2. The topological polar surface area (TPSA) is 35.5 Å². The van der Waals surface area contributed by atoms with Crippen molar-refractivity contribution in [2.75, 3.05) is 7.11 Å². The molecule has 0 bridgehead atoms. The lowest BCUT2D eigenvalue weighted by molar-refractivity contribution is 0.414. The summed E-state index contributed by atoms with van der Waals surface area (Å²) < 4.78 is 22.2. The highest BCUT2D eigenvalue weighted by molar-refractivity contribution is 7.81.